The summed E-state index contributed by atoms with van der Waals surface area (Å²) in [5, 5.41) is 5.95. The minimum atomic E-state index is 0.511. The lowest BCUT2D eigenvalue weighted by molar-refractivity contribution is 0.212. The van der Waals surface area contributed by atoms with Crippen molar-refractivity contribution in [3.05, 3.63) is 54.7 Å². The first-order valence-electron chi connectivity index (χ1n) is 11.0. The Morgan fingerprint density at radius 1 is 1.13 bits per heavy atom. The molecule has 4 rings (SSSR count). The van der Waals surface area contributed by atoms with Crippen molar-refractivity contribution in [3.63, 3.8) is 0 Å². The maximum atomic E-state index is 4.91. The van der Waals surface area contributed by atoms with E-state index in [4.69, 9.17) is 4.98 Å². The van der Waals surface area contributed by atoms with Crippen LogP contribution in [0.1, 0.15) is 20.3 Å². The maximum absolute atomic E-state index is 4.91. The molecule has 3 aromatic rings. The number of hydrogen-bond acceptors (Lipinski definition) is 5. The first-order valence-corrected chi connectivity index (χ1v) is 11.0. The highest BCUT2D eigenvalue weighted by molar-refractivity contribution is 5.86. The Morgan fingerprint density at radius 3 is 2.70 bits per heavy atom. The van der Waals surface area contributed by atoms with Crippen molar-refractivity contribution in [3.8, 4) is 11.3 Å². The van der Waals surface area contributed by atoms with E-state index < -0.39 is 0 Å². The van der Waals surface area contributed by atoms with E-state index in [0.717, 1.165) is 43.3 Å². The molecule has 0 aliphatic carbocycles. The summed E-state index contributed by atoms with van der Waals surface area (Å²) in [6.07, 6.45) is 3.04. The predicted octanol–water partition coefficient (Wildman–Crippen LogP) is 4.05. The van der Waals surface area contributed by atoms with Gasteiger partial charge in [-0.25, -0.2) is 9.97 Å². The number of likely N-dealkylation sites (N-methyl/N-ethyl adjacent to an activating group) is 2. The van der Waals surface area contributed by atoms with Gasteiger partial charge >= 0.3 is 0 Å². The normalized spacial score (nSPS) is 17.9. The molecule has 0 bridgehead atoms. The highest BCUT2D eigenvalue weighted by Gasteiger charge is 2.29. The fraction of sp³-hybridized carbons (Fsp3) is 0.440. The van der Waals surface area contributed by atoms with Gasteiger partial charge in [-0.3, -0.25) is 0 Å². The average molecular weight is 404 g/mol. The Hall–Kier alpha value is -2.50. The van der Waals surface area contributed by atoms with E-state index in [9.17, 15) is 0 Å². The largest absolute Gasteiger partial charge is 0.339 e. The third-order valence-electron chi connectivity index (χ3n) is 6.42. The second-order valence-electron chi connectivity index (χ2n) is 8.77. The molecule has 0 saturated carbocycles. The first-order chi connectivity index (χ1) is 14.5. The molecule has 2 atom stereocenters. The monoisotopic (exact) mass is 403 g/mol. The Balaban J connectivity index is 1.47. The lowest BCUT2D eigenvalue weighted by Gasteiger charge is -2.30. The number of nitrogens with one attached hydrogen (secondary N) is 1. The van der Waals surface area contributed by atoms with Crippen LogP contribution in [0.15, 0.2) is 54.7 Å². The molecular formula is C25H33N5. The van der Waals surface area contributed by atoms with Crippen LogP contribution in [-0.4, -0.2) is 60.7 Å². The van der Waals surface area contributed by atoms with Gasteiger partial charge in [-0.05, 0) is 49.3 Å². The molecule has 0 radical (unpaired) electrons. The van der Waals surface area contributed by atoms with Gasteiger partial charge in [0.05, 0.1) is 5.69 Å². The summed E-state index contributed by atoms with van der Waals surface area (Å²) >= 11 is 0. The summed E-state index contributed by atoms with van der Waals surface area (Å²) in [6, 6.07) is 18.0. The van der Waals surface area contributed by atoms with Crippen LogP contribution in [0.5, 0.6) is 0 Å². The molecule has 1 N–H and O–H groups in total. The molecule has 30 heavy (non-hydrogen) atoms. The van der Waals surface area contributed by atoms with Gasteiger partial charge < -0.3 is 15.1 Å². The molecule has 1 fully saturated rings. The van der Waals surface area contributed by atoms with Crippen LogP contribution in [0, 0.1) is 5.92 Å². The zero-order valence-corrected chi connectivity index (χ0v) is 18.5. The predicted molar refractivity (Wildman–Crippen MR) is 126 cm³/mol. The van der Waals surface area contributed by atoms with E-state index in [1.54, 1.807) is 0 Å². The summed E-state index contributed by atoms with van der Waals surface area (Å²) in [5.41, 5.74) is 2.12. The molecule has 2 heterocycles. The minimum absolute atomic E-state index is 0.511. The molecule has 0 amide bonds. The lowest BCUT2D eigenvalue weighted by Crippen LogP contribution is -2.45. The molecule has 0 spiro atoms. The molecule has 1 aliphatic heterocycles. The molecule has 1 saturated heterocycles. The number of hydrogen-bond donors (Lipinski definition) is 1. The summed E-state index contributed by atoms with van der Waals surface area (Å²) < 4.78 is 0. The lowest BCUT2D eigenvalue weighted by atomic mass is 10.0. The zero-order valence-electron chi connectivity index (χ0n) is 18.5. The van der Waals surface area contributed by atoms with Crippen molar-refractivity contribution in [2.75, 3.05) is 38.6 Å². The second kappa shape index (κ2) is 9.11. The van der Waals surface area contributed by atoms with E-state index in [0.29, 0.717) is 18.0 Å². The number of nitrogens with zero attached hydrogens (tertiary/aromatic N) is 4. The summed E-state index contributed by atoms with van der Waals surface area (Å²) in [7, 11) is 4.30. The Labute approximate surface area is 180 Å². The Bertz CT molecular complexity index is 986. The number of aromatic nitrogens is 2. The van der Waals surface area contributed by atoms with Crippen molar-refractivity contribution < 1.29 is 0 Å². The van der Waals surface area contributed by atoms with E-state index in [-0.39, 0.29) is 0 Å². The number of benzene rings is 2. The zero-order chi connectivity index (χ0) is 21.1. The second-order valence-corrected chi connectivity index (χ2v) is 8.77. The first kappa shape index (κ1) is 20.8. The van der Waals surface area contributed by atoms with Crippen LogP contribution in [0.4, 0.5) is 5.95 Å². The molecule has 5 heteroatoms. The average Bonchev–Trinajstić information content (AvgIpc) is 3.27. The van der Waals surface area contributed by atoms with Crippen LogP contribution in [0.25, 0.3) is 22.0 Å². The smallest absolute Gasteiger partial charge is 0.225 e. The van der Waals surface area contributed by atoms with Gasteiger partial charge in [0.15, 0.2) is 0 Å². The highest BCUT2D eigenvalue weighted by Crippen LogP contribution is 2.26. The van der Waals surface area contributed by atoms with Crippen LogP contribution >= 0.6 is 0 Å². The quantitative estimate of drug-likeness (QED) is 0.645. The van der Waals surface area contributed by atoms with E-state index in [1.807, 2.05) is 12.3 Å². The highest BCUT2D eigenvalue weighted by atomic mass is 15.3. The fourth-order valence-corrected chi connectivity index (χ4v) is 4.39. The molecule has 1 aromatic heterocycles. The standard InChI is InChI=1S/C25H33N5/c1-18(2)24(26-3)17-29(4)22-12-14-30(16-22)25-27-13-11-23(28-25)21-10-9-19-7-5-6-8-20(19)15-21/h5-11,13,15,18,22,24,26H,12,14,16-17H2,1-4H3/t22-,24?/m1/s1. The van der Waals surface area contributed by atoms with Crippen LogP contribution in [-0.2, 0) is 0 Å². The molecule has 1 aliphatic rings. The maximum Gasteiger partial charge on any atom is 0.225 e. The van der Waals surface area contributed by atoms with Gasteiger partial charge in [0, 0.05) is 43.5 Å². The van der Waals surface area contributed by atoms with E-state index in [1.165, 1.54) is 10.8 Å². The molecule has 2 aromatic carbocycles. The van der Waals surface area contributed by atoms with Crippen LogP contribution < -0.4 is 10.2 Å². The van der Waals surface area contributed by atoms with E-state index >= 15 is 0 Å². The SMILES string of the molecule is CNC(CN(C)[C@@H]1CCN(c2nccc(-c3ccc4ccccc4c3)n2)C1)C(C)C. The van der Waals surface area contributed by atoms with Crippen LogP contribution in [0.2, 0.25) is 0 Å². The number of anilines is 1. The number of fused-ring (bicyclic) bond motifs is 1. The van der Waals surface area contributed by atoms with E-state index in [2.05, 4.69) is 90.5 Å². The van der Waals surface area contributed by atoms with Gasteiger partial charge in [-0.15, -0.1) is 0 Å². The molecule has 158 valence electrons. The fourth-order valence-electron chi connectivity index (χ4n) is 4.39. The van der Waals surface area contributed by atoms with Gasteiger partial charge in [-0.1, -0.05) is 50.2 Å². The van der Waals surface area contributed by atoms with Crippen molar-refractivity contribution in [2.24, 2.45) is 5.92 Å². The topological polar surface area (TPSA) is 44.3 Å². The van der Waals surface area contributed by atoms with Crippen LogP contribution in [0.3, 0.4) is 0 Å². The Kier molecular flexibility index (Phi) is 6.30. The molecule has 1 unspecified atom stereocenters. The third kappa shape index (κ3) is 4.47. The van der Waals surface area contributed by atoms with Crippen molar-refractivity contribution in [1.82, 2.24) is 20.2 Å². The number of rotatable bonds is 7. The van der Waals surface area contributed by atoms with Crippen molar-refractivity contribution in [1.29, 1.82) is 0 Å². The van der Waals surface area contributed by atoms with Gasteiger partial charge in [0.2, 0.25) is 5.95 Å². The Morgan fingerprint density at radius 2 is 1.93 bits per heavy atom. The van der Waals surface area contributed by atoms with Gasteiger partial charge in [0.1, 0.15) is 0 Å². The summed E-state index contributed by atoms with van der Waals surface area (Å²) in [5.74, 6) is 1.46. The van der Waals surface area contributed by atoms with Crippen molar-refractivity contribution >= 4 is 16.7 Å². The summed E-state index contributed by atoms with van der Waals surface area (Å²) in [6.45, 7) is 7.60. The summed E-state index contributed by atoms with van der Waals surface area (Å²) in [4.78, 5) is 14.3. The van der Waals surface area contributed by atoms with Gasteiger partial charge in [-0.2, -0.15) is 0 Å². The third-order valence-corrected chi connectivity index (χ3v) is 6.42. The van der Waals surface area contributed by atoms with Gasteiger partial charge in [0.25, 0.3) is 0 Å². The molecule has 5 nitrogen and oxygen atoms in total. The molecular weight excluding hydrogens is 370 g/mol. The minimum Gasteiger partial charge on any atom is -0.339 e. The van der Waals surface area contributed by atoms with Crippen molar-refractivity contribution in [2.45, 2.75) is 32.4 Å².